The Labute approximate surface area is 109 Å². The normalized spacial score (nSPS) is 23.2. The summed E-state index contributed by atoms with van der Waals surface area (Å²) in [5, 5.41) is 0.140. The average molecular weight is 302 g/mol. The molecule has 0 spiro atoms. The number of benzene rings is 1. The molecule has 0 amide bonds. The molecule has 1 atom stereocenters. The second-order valence-corrected chi connectivity index (χ2v) is 5.93. The molecule has 16 heavy (non-hydrogen) atoms. The first-order chi connectivity index (χ1) is 7.77. The van der Waals surface area contributed by atoms with Gasteiger partial charge in [0.25, 0.3) is 0 Å². The van der Waals surface area contributed by atoms with Gasteiger partial charge in [-0.05, 0) is 36.5 Å². The topological polar surface area (TPSA) is 9.23 Å². The molecule has 1 aromatic carbocycles. The van der Waals surface area contributed by atoms with Crippen molar-refractivity contribution in [3.8, 4) is 5.75 Å². The van der Waals surface area contributed by atoms with Crippen molar-refractivity contribution in [1.29, 1.82) is 0 Å². The second-order valence-electron chi connectivity index (χ2n) is 4.55. The second kappa shape index (κ2) is 4.23. The third-order valence-corrected chi connectivity index (χ3v) is 4.61. The monoisotopic (exact) mass is 300 g/mol. The number of alkyl halides is 1. The van der Waals surface area contributed by atoms with Crippen molar-refractivity contribution in [1.82, 2.24) is 0 Å². The van der Waals surface area contributed by atoms with Crippen molar-refractivity contribution in [2.24, 2.45) is 0 Å². The van der Waals surface area contributed by atoms with E-state index in [-0.39, 0.29) is 5.38 Å². The zero-order valence-corrected chi connectivity index (χ0v) is 11.4. The van der Waals surface area contributed by atoms with E-state index in [2.05, 4.69) is 22.0 Å². The van der Waals surface area contributed by atoms with Crippen molar-refractivity contribution >= 4 is 27.5 Å². The van der Waals surface area contributed by atoms with Gasteiger partial charge < -0.3 is 4.74 Å². The van der Waals surface area contributed by atoms with Crippen molar-refractivity contribution < 1.29 is 4.74 Å². The highest BCUT2D eigenvalue weighted by molar-refractivity contribution is 9.10. The van der Waals surface area contributed by atoms with Crippen LogP contribution in [0.4, 0.5) is 0 Å². The summed E-state index contributed by atoms with van der Waals surface area (Å²) < 4.78 is 6.95. The van der Waals surface area contributed by atoms with Gasteiger partial charge in [-0.3, -0.25) is 0 Å². The molecule has 1 aromatic rings. The van der Waals surface area contributed by atoms with Gasteiger partial charge in [0.15, 0.2) is 0 Å². The zero-order valence-electron chi connectivity index (χ0n) is 9.06. The van der Waals surface area contributed by atoms with Crippen LogP contribution in [0.1, 0.15) is 41.3 Å². The predicted octanol–water partition coefficient (Wildman–Crippen LogP) is 4.39. The Bertz CT molecular complexity index is 430. The smallest absolute Gasteiger partial charge is 0.126 e. The molecule has 0 saturated carbocycles. The molecule has 3 heteroatoms. The van der Waals surface area contributed by atoms with Gasteiger partial charge in [-0.15, -0.1) is 11.6 Å². The summed E-state index contributed by atoms with van der Waals surface area (Å²) in [6.45, 7) is 0.825. The number of ether oxygens (including phenoxy) is 1. The number of rotatable bonds is 0. The lowest BCUT2D eigenvalue weighted by atomic mass is 9.98. The fourth-order valence-electron chi connectivity index (χ4n) is 2.74. The van der Waals surface area contributed by atoms with E-state index < -0.39 is 0 Å². The molecule has 0 fully saturated rings. The minimum atomic E-state index is 0.140. The first-order valence-corrected chi connectivity index (χ1v) is 7.11. The highest BCUT2D eigenvalue weighted by Gasteiger charge is 2.26. The van der Waals surface area contributed by atoms with Crippen LogP contribution in [0, 0.1) is 0 Å². The van der Waals surface area contributed by atoms with E-state index in [0.29, 0.717) is 0 Å². The van der Waals surface area contributed by atoms with Crippen LogP contribution in [-0.4, -0.2) is 6.61 Å². The van der Waals surface area contributed by atoms with Gasteiger partial charge in [0.1, 0.15) is 5.75 Å². The summed E-state index contributed by atoms with van der Waals surface area (Å²) in [6, 6.07) is 2.20. The van der Waals surface area contributed by atoms with Crippen LogP contribution >= 0.6 is 27.5 Å². The Morgan fingerprint density at radius 2 is 2.19 bits per heavy atom. The maximum absolute atomic E-state index is 6.47. The largest absolute Gasteiger partial charge is 0.493 e. The quantitative estimate of drug-likeness (QED) is 0.510. The Morgan fingerprint density at radius 1 is 1.31 bits per heavy atom. The lowest BCUT2D eigenvalue weighted by molar-refractivity contribution is 0.353. The summed E-state index contributed by atoms with van der Waals surface area (Å²) in [7, 11) is 0. The molecule has 1 aliphatic carbocycles. The van der Waals surface area contributed by atoms with Crippen LogP contribution < -0.4 is 4.74 Å². The van der Waals surface area contributed by atoms with Gasteiger partial charge in [-0.2, -0.15) is 0 Å². The maximum atomic E-state index is 6.47. The van der Waals surface area contributed by atoms with Crippen molar-refractivity contribution in [3.63, 3.8) is 0 Å². The predicted molar refractivity (Wildman–Crippen MR) is 69.5 cm³/mol. The molecule has 0 N–H and O–H groups in total. The van der Waals surface area contributed by atoms with Gasteiger partial charge in [0.05, 0.1) is 12.0 Å². The lowest BCUT2D eigenvalue weighted by Gasteiger charge is -2.16. The van der Waals surface area contributed by atoms with Crippen molar-refractivity contribution in [2.75, 3.05) is 6.61 Å². The highest BCUT2D eigenvalue weighted by Crippen LogP contribution is 2.45. The minimum Gasteiger partial charge on any atom is -0.493 e. The molecular formula is C13H14BrClO. The standard InChI is InChI=1S/C13H14BrClO/c14-10-7-8-5-6-16-13(8)9-3-1-2-4-11(15)12(9)10/h7,11H,1-6H2. The van der Waals surface area contributed by atoms with E-state index >= 15 is 0 Å². The Morgan fingerprint density at radius 3 is 3.06 bits per heavy atom. The Hall–Kier alpha value is -0.210. The molecule has 1 nitrogen and oxygen atoms in total. The van der Waals surface area contributed by atoms with E-state index in [1.54, 1.807) is 0 Å². The molecular weight excluding hydrogens is 287 g/mol. The molecule has 0 saturated heterocycles. The first kappa shape index (κ1) is 10.9. The molecule has 1 aliphatic heterocycles. The van der Waals surface area contributed by atoms with Gasteiger partial charge >= 0.3 is 0 Å². The maximum Gasteiger partial charge on any atom is 0.126 e. The summed E-state index contributed by atoms with van der Waals surface area (Å²) in [6.07, 6.45) is 5.66. The van der Waals surface area contributed by atoms with Crippen LogP contribution in [0.5, 0.6) is 5.75 Å². The summed E-state index contributed by atoms with van der Waals surface area (Å²) in [4.78, 5) is 0. The first-order valence-electron chi connectivity index (χ1n) is 5.88. The SMILES string of the molecule is ClC1CCCCc2c3c(cc(Br)c21)CCO3. The molecule has 0 radical (unpaired) electrons. The van der Waals surface area contributed by atoms with E-state index in [1.165, 1.54) is 34.0 Å². The zero-order chi connectivity index (χ0) is 11.1. The van der Waals surface area contributed by atoms with E-state index in [4.69, 9.17) is 16.3 Å². The Kier molecular flexibility index (Phi) is 2.88. The fourth-order valence-corrected chi connectivity index (χ4v) is 4.07. The highest BCUT2D eigenvalue weighted by atomic mass is 79.9. The molecule has 0 aromatic heterocycles. The number of fused-ring (bicyclic) bond motifs is 3. The van der Waals surface area contributed by atoms with Crippen molar-refractivity contribution in [2.45, 2.75) is 37.5 Å². The summed E-state index contributed by atoms with van der Waals surface area (Å²) in [5.41, 5.74) is 3.98. The van der Waals surface area contributed by atoms with Crippen LogP contribution in [0.2, 0.25) is 0 Å². The number of hydrogen-bond acceptors (Lipinski definition) is 1. The molecule has 1 heterocycles. The van der Waals surface area contributed by atoms with E-state index in [1.807, 2.05) is 0 Å². The van der Waals surface area contributed by atoms with Gasteiger partial charge in [0, 0.05) is 16.5 Å². The summed E-state index contributed by atoms with van der Waals surface area (Å²) in [5.74, 6) is 1.13. The van der Waals surface area contributed by atoms with Gasteiger partial charge in [-0.1, -0.05) is 22.4 Å². The summed E-state index contributed by atoms with van der Waals surface area (Å²) >= 11 is 10.1. The molecule has 86 valence electrons. The third kappa shape index (κ3) is 1.67. The minimum absolute atomic E-state index is 0.140. The number of halogens is 2. The van der Waals surface area contributed by atoms with Crippen LogP contribution in [-0.2, 0) is 12.8 Å². The van der Waals surface area contributed by atoms with Crippen LogP contribution in [0.3, 0.4) is 0 Å². The molecule has 3 rings (SSSR count). The molecule has 1 unspecified atom stereocenters. The van der Waals surface area contributed by atoms with Gasteiger partial charge in [0.2, 0.25) is 0 Å². The Balaban J connectivity index is 2.21. The van der Waals surface area contributed by atoms with Crippen molar-refractivity contribution in [3.05, 3.63) is 27.2 Å². The average Bonchev–Trinajstić information content (AvgIpc) is 2.62. The fraction of sp³-hybridized carbons (Fsp3) is 0.538. The molecule has 0 bridgehead atoms. The van der Waals surface area contributed by atoms with Crippen LogP contribution in [0.25, 0.3) is 0 Å². The van der Waals surface area contributed by atoms with Crippen LogP contribution in [0.15, 0.2) is 10.5 Å². The van der Waals surface area contributed by atoms with E-state index in [9.17, 15) is 0 Å². The molecule has 2 aliphatic rings. The van der Waals surface area contributed by atoms with E-state index in [0.717, 1.165) is 31.6 Å². The number of hydrogen-bond donors (Lipinski definition) is 0. The van der Waals surface area contributed by atoms with Gasteiger partial charge in [-0.25, -0.2) is 0 Å². The lowest BCUT2D eigenvalue weighted by Crippen LogP contribution is -1.99. The third-order valence-electron chi connectivity index (χ3n) is 3.51.